The van der Waals surface area contributed by atoms with Gasteiger partial charge in [-0.1, -0.05) is 18.2 Å². The molecule has 2 aromatic carbocycles. The van der Waals surface area contributed by atoms with E-state index in [4.69, 9.17) is 5.26 Å². The lowest BCUT2D eigenvalue weighted by Gasteiger charge is -2.34. The number of carbonyl (C=O) groups is 1. The van der Waals surface area contributed by atoms with E-state index in [1.54, 1.807) is 30.0 Å². The fourth-order valence-electron chi connectivity index (χ4n) is 3.01. The van der Waals surface area contributed by atoms with Crippen molar-refractivity contribution >= 4 is 5.91 Å². The third-order valence-corrected chi connectivity index (χ3v) is 4.54. The van der Waals surface area contributed by atoms with Crippen LogP contribution >= 0.6 is 0 Å². The molecule has 25 heavy (non-hydrogen) atoms. The average Bonchev–Trinajstić information content (AvgIpc) is 2.64. The van der Waals surface area contributed by atoms with Crippen LogP contribution in [0.25, 0.3) is 0 Å². The van der Waals surface area contributed by atoms with Crippen LogP contribution in [0, 0.1) is 24.1 Å². The Labute approximate surface area is 147 Å². The van der Waals surface area contributed by atoms with Crippen molar-refractivity contribution in [2.45, 2.75) is 13.5 Å². The molecule has 1 saturated heterocycles. The van der Waals surface area contributed by atoms with Crippen LogP contribution in [0.3, 0.4) is 0 Å². The largest absolute Gasteiger partial charge is 0.336 e. The monoisotopic (exact) mass is 337 g/mol. The van der Waals surface area contributed by atoms with Crippen molar-refractivity contribution in [2.24, 2.45) is 0 Å². The normalized spacial score (nSPS) is 15.0. The molecule has 0 aliphatic carbocycles. The Morgan fingerprint density at radius 1 is 1.16 bits per heavy atom. The van der Waals surface area contributed by atoms with E-state index in [1.165, 1.54) is 6.07 Å². The molecule has 0 aromatic heterocycles. The molecule has 5 heteroatoms. The molecule has 1 aliphatic rings. The maximum Gasteiger partial charge on any atom is 0.254 e. The first-order chi connectivity index (χ1) is 12.1. The molecular weight excluding hydrogens is 317 g/mol. The first-order valence-corrected chi connectivity index (χ1v) is 8.33. The van der Waals surface area contributed by atoms with Gasteiger partial charge in [0.05, 0.1) is 11.6 Å². The quantitative estimate of drug-likeness (QED) is 0.865. The molecule has 0 unspecified atom stereocenters. The predicted molar refractivity (Wildman–Crippen MR) is 93.5 cm³/mol. The zero-order valence-electron chi connectivity index (χ0n) is 14.2. The highest BCUT2D eigenvalue weighted by atomic mass is 19.1. The van der Waals surface area contributed by atoms with Crippen LogP contribution in [0.2, 0.25) is 0 Å². The van der Waals surface area contributed by atoms with Gasteiger partial charge in [-0.05, 0) is 42.3 Å². The second-order valence-electron chi connectivity index (χ2n) is 6.34. The van der Waals surface area contributed by atoms with Gasteiger partial charge in [0.15, 0.2) is 0 Å². The van der Waals surface area contributed by atoms with Crippen molar-refractivity contribution in [3.8, 4) is 6.07 Å². The minimum absolute atomic E-state index is 0.120. The van der Waals surface area contributed by atoms with Crippen molar-refractivity contribution in [3.63, 3.8) is 0 Å². The lowest BCUT2D eigenvalue weighted by molar-refractivity contribution is 0.0628. The van der Waals surface area contributed by atoms with Gasteiger partial charge in [-0.2, -0.15) is 5.26 Å². The zero-order chi connectivity index (χ0) is 17.8. The first kappa shape index (κ1) is 17.1. The Morgan fingerprint density at radius 2 is 1.92 bits per heavy atom. The van der Waals surface area contributed by atoms with E-state index in [-0.39, 0.29) is 11.7 Å². The van der Waals surface area contributed by atoms with E-state index >= 15 is 0 Å². The Balaban J connectivity index is 1.58. The molecule has 1 fully saturated rings. The third kappa shape index (κ3) is 4.04. The number of amides is 1. The van der Waals surface area contributed by atoms with Gasteiger partial charge in [0.1, 0.15) is 5.82 Å². The van der Waals surface area contributed by atoms with Gasteiger partial charge in [-0.15, -0.1) is 0 Å². The zero-order valence-corrected chi connectivity index (χ0v) is 14.2. The van der Waals surface area contributed by atoms with Crippen LogP contribution in [0.1, 0.15) is 27.0 Å². The Kier molecular flexibility index (Phi) is 5.11. The Morgan fingerprint density at radius 3 is 2.60 bits per heavy atom. The molecule has 3 rings (SSSR count). The maximum atomic E-state index is 13.7. The molecule has 0 spiro atoms. The SMILES string of the molecule is Cc1ccc(C(=O)N2CCN(Cc3cccc(C#N)c3)CC2)cc1F. The van der Waals surface area contributed by atoms with Gasteiger partial charge >= 0.3 is 0 Å². The number of rotatable bonds is 3. The molecule has 1 heterocycles. The van der Waals surface area contributed by atoms with Crippen molar-refractivity contribution < 1.29 is 9.18 Å². The molecule has 0 radical (unpaired) electrons. The number of aryl methyl sites for hydroxylation is 1. The summed E-state index contributed by atoms with van der Waals surface area (Å²) in [6.45, 7) is 5.20. The minimum atomic E-state index is -0.345. The standard InChI is InChI=1S/C20H20FN3O/c1-15-5-6-18(12-19(15)21)20(25)24-9-7-23(8-10-24)14-17-4-2-3-16(11-17)13-22/h2-6,11-12H,7-10,14H2,1H3. The highest BCUT2D eigenvalue weighted by Gasteiger charge is 2.22. The van der Waals surface area contributed by atoms with Gasteiger partial charge in [-0.3, -0.25) is 9.69 Å². The molecule has 0 saturated carbocycles. The highest BCUT2D eigenvalue weighted by molar-refractivity contribution is 5.94. The summed E-state index contributed by atoms with van der Waals surface area (Å²) in [6.07, 6.45) is 0. The summed E-state index contributed by atoms with van der Waals surface area (Å²) in [4.78, 5) is 16.5. The third-order valence-electron chi connectivity index (χ3n) is 4.54. The first-order valence-electron chi connectivity index (χ1n) is 8.33. The molecule has 0 atom stereocenters. The predicted octanol–water partition coefficient (Wildman–Crippen LogP) is 2.96. The number of halogens is 1. The molecule has 2 aromatic rings. The number of piperazine rings is 1. The number of carbonyl (C=O) groups excluding carboxylic acids is 1. The van der Waals surface area contributed by atoms with Crippen LogP contribution in [0.5, 0.6) is 0 Å². The summed E-state index contributed by atoms with van der Waals surface area (Å²) in [7, 11) is 0. The van der Waals surface area contributed by atoms with Crippen LogP contribution < -0.4 is 0 Å². The smallest absolute Gasteiger partial charge is 0.254 e. The van der Waals surface area contributed by atoms with Crippen molar-refractivity contribution in [2.75, 3.05) is 26.2 Å². The van der Waals surface area contributed by atoms with E-state index in [0.717, 1.165) is 25.2 Å². The van der Waals surface area contributed by atoms with E-state index in [9.17, 15) is 9.18 Å². The summed E-state index contributed by atoms with van der Waals surface area (Å²) >= 11 is 0. The molecule has 128 valence electrons. The summed E-state index contributed by atoms with van der Waals surface area (Å²) < 4.78 is 13.7. The molecule has 1 amide bonds. The van der Waals surface area contributed by atoms with Gasteiger partial charge in [0.25, 0.3) is 5.91 Å². The number of nitriles is 1. The lowest BCUT2D eigenvalue weighted by atomic mass is 10.1. The Bertz CT molecular complexity index is 820. The van der Waals surface area contributed by atoms with Crippen molar-refractivity contribution in [3.05, 3.63) is 70.5 Å². The molecule has 0 bridgehead atoms. The fourth-order valence-corrected chi connectivity index (χ4v) is 3.01. The topological polar surface area (TPSA) is 47.3 Å². The maximum absolute atomic E-state index is 13.7. The van der Waals surface area contributed by atoms with Gasteiger partial charge < -0.3 is 4.90 Å². The summed E-state index contributed by atoms with van der Waals surface area (Å²) in [6, 6.07) is 14.4. The van der Waals surface area contributed by atoms with E-state index < -0.39 is 0 Å². The number of hydrogen-bond donors (Lipinski definition) is 0. The Hall–Kier alpha value is -2.71. The summed E-state index contributed by atoms with van der Waals surface area (Å²) in [5.74, 6) is -0.466. The summed E-state index contributed by atoms with van der Waals surface area (Å²) in [5.41, 5.74) is 2.70. The highest BCUT2D eigenvalue weighted by Crippen LogP contribution is 2.15. The van der Waals surface area contributed by atoms with Crippen LogP contribution in [0.15, 0.2) is 42.5 Å². The van der Waals surface area contributed by atoms with Crippen molar-refractivity contribution in [1.29, 1.82) is 5.26 Å². The fraction of sp³-hybridized carbons (Fsp3) is 0.300. The van der Waals surface area contributed by atoms with Gasteiger partial charge in [0.2, 0.25) is 0 Å². The summed E-state index contributed by atoms with van der Waals surface area (Å²) in [5, 5.41) is 8.97. The molecule has 0 N–H and O–H groups in total. The van der Waals surface area contributed by atoms with Crippen molar-refractivity contribution in [1.82, 2.24) is 9.80 Å². The van der Waals surface area contributed by atoms with Crippen LogP contribution in [-0.2, 0) is 6.54 Å². The lowest BCUT2D eigenvalue weighted by Crippen LogP contribution is -2.48. The number of hydrogen-bond acceptors (Lipinski definition) is 3. The molecular formula is C20H20FN3O. The van der Waals surface area contributed by atoms with E-state index in [0.29, 0.717) is 29.8 Å². The number of nitrogens with zero attached hydrogens (tertiary/aromatic N) is 3. The van der Waals surface area contributed by atoms with Gasteiger partial charge in [-0.25, -0.2) is 4.39 Å². The van der Waals surface area contributed by atoms with E-state index in [1.807, 2.05) is 18.2 Å². The average molecular weight is 337 g/mol. The minimum Gasteiger partial charge on any atom is -0.336 e. The molecule has 1 aliphatic heterocycles. The van der Waals surface area contributed by atoms with Crippen LogP contribution in [0.4, 0.5) is 4.39 Å². The molecule has 4 nitrogen and oxygen atoms in total. The number of benzene rings is 2. The van der Waals surface area contributed by atoms with Crippen LogP contribution in [-0.4, -0.2) is 41.9 Å². The second-order valence-corrected chi connectivity index (χ2v) is 6.34. The van der Waals surface area contributed by atoms with Gasteiger partial charge in [0, 0.05) is 38.3 Å². The van der Waals surface area contributed by atoms with E-state index in [2.05, 4.69) is 11.0 Å². The second kappa shape index (κ2) is 7.45.